The maximum Gasteiger partial charge on any atom is 0.413 e. The van der Waals surface area contributed by atoms with Crippen molar-refractivity contribution in [2.75, 3.05) is 5.32 Å². The Morgan fingerprint density at radius 3 is 2.16 bits per heavy atom. The van der Waals surface area contributed by atoms with E-state index in [4.69, 9.17) is 46.4 Å². The van der Waals surface area contributed by atoms with E-state index < -0.39 is 27.8 Å². The fraction of sp³-hybridized carbons (Fsp3) is 0.222. The van der Waals surface area contributed by atoms with Crippen LogP contribution in [-0.2, 0) is 6.42 Å². The number of halogens is 9. The molecule has 0 saturated carbocycles. The number of hydrogen-bond donors (Lipinski definition) is 2. The van der Waals surface area contributed by atoms with Crippen LogP contribution < -0.4 is 10.6 Å². The molecule has 31 heavy (non-hydrogen) atoms. The van der Waals surface area contributed by atoms with Crippen LogP contribution in [0.25, 0.3) is 0 Å². The average Bonchev–Trinajstić information content (AvgIpc) is 2.65. The lowest BCUT2D eigenvalue weighted by molar-refractivity contribution is -0.134. The summed E-state index contributed by atoms with van der Waals surface area (Å²) in [6, 6.07) is 6.38. The van der Waals surface area contributed by atoms with Gasteiger partial charge in [0.15, 0.2) is 3.23 Å². The molecule has 0 aliphatic heterocycles. The van der Waals surface area contributed by atoms with E-state index in [1.807, 2.05) is 0 Å². The maximum atomic E-state index is 13.0. The molecule has 2 aromatic rings. The summed E-state index contributed by atoms with van der Waals surface area (Å²) in [4.78, 5) is 24.3. The largest absolute Gasteiger partial charge is 0.413 e. The number of amides is 3. The first kappa shape index (κ1) is 26.5. The van der Waals surface area contributed by atoms with Crippen LogP contribution in [0, 0.1) is 0 Å². The van der Waals surface area contributed by atoms with Crippen LogP contribution in [0.15, 0.2) is 30.3 Å². The molecule has 0 bridgehead atoms. The number of benzene rings is 2. The number of anilines is 1. The minimum atomic E-state index is -4.57. The number of rotatable bonds is 5. The van der Waals surface area contributed by atoms with Crippen molar-refractivity contribution in [1.29, 1.82) is 0 Å². The first-order valence-corrected chi connectivity index (χ1v) is 11.3. The topological polar surface area (TPSA) is 58.2 Å². The second-order valence-electron chi connectivity index (χ2n) is 6.10. The lowest BCUT2D eigenvalue weighted by atomic mass is 10.1. The molecule has 2 aromatic carbocycles. The van der Waals surface area contributed by atoms with Crippen molar-refractivity contribution in [2.45, 2.75) is 22.3 Å². The number of hydrogen-bond acceptors (Lipinski definition) is 2. The quantitative estimate of drug-likeness (QED) is 0.254. The third-order valence-electron chi connectivity index (χ3n) is 3.95. The Hall–Kier alpha value is -0.710. The van der Waals surface area contributed by atoms with Gasteiger partial charge in [0.2, 0.25) is 0 Å². The zero-order valence-corrected chi connectivity index (χ0v) is 21.2. The highest BCUT2D eigenvalue weighted by Gasteiger charge is 2.50. The van der Waals surface area contributed by atoms with Crippen LogP contribution in [-0.4, -0.2) is 21.3 Å². The zero-order chi connectivity index (χ0) is 23.6. The molecule has 0 saturated heterocycles. The fourth-order valence-corrected chi connectivity index (χ4v) is 3.82. The Bertz CT molecular complexity index is 1020. The highest BCUT2D eigenvalue weighted by Crippen LogP contribution is 2.47. The van der Waals surface area contributed by atoms with E-state index in [1.54, 1.807) is 12.1 Å². The summed E-state index contributed by atoms with van der Waals surface area (Å²) in [5, 5.41) is 4.25. The van der Waals surface area contributed by atoms with E-state index >= 15 is 0 Å². The molecular formula is C18H11Br2Cl4F3N2O2. The molecule has 2 rings (SSSR count). The van der Waals surface area contributed by atoms with E-state index in [0.717, 1.165) is 0 Å². The van der Waals surface area contributed by atoms with Crippen molar-refractivity contribution in [3.8, 4) is 0 Å². The van der Waals surface area contributed by atoms with Crippen LogP contribution in [0.3, 0.4) is 0 Å². The van der Waals surface area contributed by atoms with E-state index in [1.165, 1.54) is 18.2 Å². The van der Waals surface area contributed by atoms with Gasteiger partial charge in [-0.3, -0.25) is 10.1 Å². The molecule has 13 heteroatoms. The van der Waals surface area contributed by atoms with Gasteiger partial charge in [-0.1, -0.05) is 90.4 Å². The highest BCUT2D eigenvalue weighted by atomic mass is 79.9. The van der Waals surface area contributed by atoms with Gasteiger partial charge in [-0.25, -0.2) is 4.79 Å². The number of urea groups is 1. The van der Waals surface area contributed by atoms with Gasteiger partial charge in [-0.05, 0) is 36.6 Å². The number of nitrogens with one attached hydrogen (secondary N) is 2. The van der Waals surface area contributed by atoms with Crippen LogP contribution in [0.2, 0.25) is 20.1 Å². The van der Waals surface area contributed by atoms with Crippen molar-refractivity contribution in [3.63, 3.8) is 0 Å². The molecule has 3 amide bonds. The predicted octanol–water partition coefficient (Wildman–Crippen LogP) is 8.24. The highest BCUT2D eigenvalue weighted by molar-refractivity contribution is 9.25. The molecule has 0 radical (unpaired) electrons. The summed E-state index contributed by atoms with van der Waals surface area (Å²) < 4.78 is 36.7. The second kappa shape index (κ2) is 10.5. The van der Waals surface area contributed by atoms with E-state index in [-0.39, 0.29) is 43.3 Å². The smallest absolute Gasteiger partial charge is 0.306 e. The van der Waals surface area contributed by atoms with Crippen molar-refractivity contribution in [2.24, 2.45) is 0 Å². The van der Waals surface area contributed by atoms with Crippen LogP contribution in [0.5, 0.6) is 0 Å². The summed E-state index contributed by atoms with van der Waals surface area (Å²) in [5.74, 6) is -0.758. The lowest BCUT2D eigenvalue weighted by Gasteiger charge is -2.24. The van der Waals surface area contributed by atoms with Gasteiger partial charge in [0.25, 0.3) is 5.91 Å². The Balaban J connectivity index is 2.15. The van der Waals surface area contributed by atoms with Crippen LogP contribution in [0.1, 0.15) is 22.3 Å². The minimum absolute atomic E-state index is 0.0138. The number of imide groups is 1. The van der Waals surface area contributed by atoms with Crippen molar-refractivity contribution < 1.29 is 22.8 Å². The zero-order valence-electron chi connectivity index (χ0n) is 15.0. The molecule has 168 valence electrons. The van der Waals surface area contributed by atoms with Gasteiger partial charge in [-0.2, -0.15) is 13.2 Å². The number of carbonyl (C=O) groups is 2. The summed E-state index contributed by atoms with van der Waals surface area (Å²) in [6.45, 7) is 0. The Labute approximate surface area is 212 Å². The Morgan fingerprint density at radius 2 is 1.58 bits per heavy atom. The van der Waals surface area contributed by atoms with E-state index in [0.29, 0.717) is 0 Å². The molecule has 4 nitrogen and oxygen atoms in total. The summed E-state index contributed by atoms with van der Waals surface area (Å²) in [5.41, 5.74) is 0.207. The van der Waals surface area contributed by atoms with Gasteiger partial charge in [-0.15, -0.1) is 0 Å². The van der Waals surface area contributed by atoms with Gasteiger partial charge in [0.05, 0.1) is 26.3 Å². The molecule has 0 fully saturated rings. The molecule has 0 atom stereocenters. The van der Waals surface area contributed by atoms with Crippen molar-refractivity contribution in [1.82, 2.24) is 5.32 Å². The summed E-state index contributed by atoms with van der Waals surface area (Å²) >= 11 is 29.5. The normalized spacial score (nSPS) is 11.9. The molecule has 0 aliphatic rings. The first-order valence-electron chi connectivity index (χ1n) is 8.22. The van der Waals surface area contributed by atoms with Crippen LogP contribution in [0.4, 0.5) is 23.7 Å². The van der Waals surface area contributed by atoms with Gasteiger partial charge in [0.1, 0.15) is 0 Å². The van der Waals surface area contributed by atoms with Gasteiger partial charge in [0, 0.05) is 5.02 Å². The molecule has 2 N–H and O–H groups in total. The molecule has 0 heterocycles. The number of carbonyl (C=O) groups excluding carboxylic acids is 2. The van der Waals surface area contributed by atoms with Crippen molar-refractivity contribution in [3.05, 3.63) is 61.5 Å². The minimum Gasteiger partial charge on any atom is -0.306 e. The Morgan fingerprint density at radius 1 is 0.968 bits per heavy atom. The Kier molecular flexibility index (Phi) is 8.97. The molecule has 0 spiro atoms. The van der Waals surface area contributed by atoms with Gasteiger partial charge < -0.3 is 5.32 Å². The standard InChI is InChI=1S/C18H11Br2Cl4F3N2O2/c19-17(20,18(25,26)27)6-5-8-11(22)7-12(14(24)13(8)23)28-16(31)29-15(30)9-3-1-2-4-10(9)21/h1-4,7H,5-6H2,(H2,28,29,30,31). The molecule has 0 unspecified atom stereocenters. The third-order valence-corrected chi connectivity index (χ3v) is 7.22. The monoisotopic (exact) mass is 642 g/mol. The molecule has 0 aliphatic carbocycles. The lowest BCUT2D eigenvalue weighted by Crippen LogP contribution is -2.34. The first-order chi connectivity index (χ1) is 14.2. The second-order valence-corrected chi connectivity index (χ2v) is 11.4. The van der Waals surface area contributed by atoms with E-state index in [2.05, 4.69) is 42.5 Å². The predicted molar refractivity (Wildman–Crippen MR) is 124 cm³/mol. The average molecular weight is 646 g/mol. The van der Waals surface area contributed by atoms with Gasteiger partial charge >= 0.3 is 12.2 Å². The number of alkyl halides is 5. The van der Waals surface area contributed by atoms with Crippen LogP contribution >= 0.6 is 78.3 Å². The molecular weight excluding hydrogens is 635 g/mol. The maximum absolute atomic E-state index is 13.0. The third kappa shape index (κ3) is 6.65. The summed E-state index contributed by atoms with van der Waals surface area (Å²) in [7, 11) is 0. The fourth-order valence-electron chi connectivity index (χ4n) is 2.35. The molecule has 0 aromatic heterocycles. The SMILES string of the molecule is O=C(NC(=O)c1ccccc1Cl)Nc1cc(Cl)c(CCC(Br)(Br)C(F)(F)F)c(Cl)c1Cl. The van der Waals surface area contributed by atoms with Crippen molar-refractivity contribution >= 4 is 95.9 Å². The summed E-state index contributed by atoms with van der Waals surface area (Å²) in [6.07, 6.45) is -5.18. The van der Waals surface area contributed by atoms with E-state index in [9.17, 15) is 22.8 Å².